The maximum absolute atomic E-state index is 12.0. The van der Waals surface area contributed by atoms with Crippen LogP contribution in [-0.4, -0.2) is 28.0 Å². The van der Waals surface area contributed by atoms with Crippen molar-refractivity contribution in [1.82, 2.24) is 9.78 Å². The zero-order valence-corrected chi connectivity index (χ0v) is 12.6. The van der Waals surface area contributed by atoms with Crippen LogP contribution in [0.2, 0.25) is 5.02 Å². The van der Waals surface area contributed by atoms with E-state index in [-0.39, 0.29) is 17.2 Å². The highest BCUT2D eigenvalue weighted by atomic mass is 35.5. The minimum atomic E-state index is -0.247. The standard InChI is InChI=1S/C14H22ClN3O2/c1-2-6-18-14(20)13(15)12(8-17-18)16-7-10-4-3-5-11(10)9-19/h8,10-11,16,19H,2-7,9H2,1H3. The van der Waals surface area contributed by atoms with Crippen LogP contribution < -0.4 is 10.9 Å². The molecule has 5 nitrogen and oxygen atoms in total. The number of halogens is 1. The van der Waals surface area contributed by atoms with Crippen LogP contribution in [0.25, 0.3) is 0 Å². The summed E-state index contributed by atoms with van der Waals surface area (Å²) >= 11 is 6.10. The molecular weight excluding hydrogens is 278 g/mol. The van der Waals surface area contributed by atoms with Crippen molar-refractivity contribution < 1.29 is 5.11 Å². The summed E-state index contributed by atoms with van der Waals surface area (Å²) in [7, 11) is 0. The first-order valence-corrected chi connectivity index (χ1v) is 7.65. The van der Waals surface area contributed by atoms with Crippen molar-refractivity contribution >= 4 is 17.3 Å². The van der Waals surface area contributed by atoms with E-state index >= 15 is 0 Å². The number of hydrogen-bond donors (Lipinski definition) is 2. The lowest BCUT2D eigenvalue weighted by atomic mass is 9.97. The highest BCUT2D eigenvalue weighted by Gasteiger charge is 2.26. The molecule has 1 aromatic heterocycles. The highest BCUT2D eigenvalue weighted by Crippen LogP contribution is 2.31. The normalized spacial score (nSPS) is 22.1. The molecule has 2 rings (SSSR count). The van der Waals surface area contributed by atoms with Gasteiger partial charge in [0.2, 0.25) is 0 Å². The van der Waals surface area contributed by atoms with Crippen molar-refractivity contribution in [2.75, 3.05) is 18.5 Å². The molecular formula is C14H22ClN3O2. The fraction of sp³-hybridized carbons (Fsp3) is 0.714. The van der Waals surface area contributed by atoms with Gasteiger partial charge in [-0.1, -0.05) is 24.9 Å². The average Bonchev–Trinajstić information content (AvgIpc) is 2.91. The Bertz CT molecular complexity index is 504. The van der Waals surface area contributed by atoms with E-state index in [9.17, 15) is 9.90 Å². The molecule has 1 aromatic rings. The summed E-state index contributed by atoms with van der Waals surface area (Å²) in [6, 6.07) is 0. The number of nitrogens with zero attached hydrogens (tertiary/aromatic N) is 2. The topological polar surface area (TPSA) is 67.2 Å². The number of anilines is 1. The molecule has 0 aliphatic heterocycles. The molecule has 2 atom stereocenters. The predicted molar refractivity (Wildman–Crippen MR) is 80.2 cm³/mol. The fourth-order valence-corrected chi connectivity index (χ4v) is 3.04. The summed E-state index contributed by atoms with van der Waals surface area (Å²) in [6.45, 7) is 3.53. The van der Waals surface area contributed by atoms with Gasteiger partial charge in [-0.15, -0.1) is 0 Å². The predicted octanol–water partition coefficient (Wildman–Crippen LogP) is 2.13. The molecule has 0 amide bonds. The number of nitrogens with one attached hydrogen (secondary N) is 1. The van der Waals surface area contributed by atoms with Gasteiger partial charge < -0.3 is 10.4 Å². The van der Waals surface area contributed by atoms with Crippen molar-refractivity contribution in [3.05, 3.63) is 21.6 Å². The minimum Gasteiger partial charge on any atom is -0.396 e. The first-order chi connectivity index (χ1) is 9.67. The lowest BCUT2D eigenvalue weighted by Crippen LogP contribution is -2.26. The average molecular weight is 300 g/mol. The molecule has 1 saturated carbocycles. The van der Waals surface area contributed by atoms with E-state index in [1.807, 2.05) is 6.92 Å². The van der Waals surface area contributed by atoms with Gasteiger partial charge in [0.25, 0.3) is 5.56 Å². The van der Waals surface area contributed by atoms with Crippen LogP contribution in [-0.2, 0) is 6.54 Å². The molecule has 1 fully saturated rings. The Morgan fingerprint density at radius 1 is 1.50 bits per heavy atom. The van der Waals surface area contributed by atoms with Crippen LogP contribution in [0, 0.1) is 11.8 Å². The van der Waals surface area contributed by atoms with Gasteiger partial charge in [-0.3, -0.25) is 4.79 Å². The molecule has 0 saturated heterocycles. The second kappa shape index (κ2) is 7.09. The fourth-order valence-electron chi connectivity index (χ4n) is 2.82. The van der Waals surface area contributed by atoms with Crippen LogP contribution in [0.4, 0.5) is 5.69 Å². The SMILES string of the molecule is CCCn1ncc(NCC2CCCC2CO)c(Cl)c1=O. The molecule has 0 aromatic carbocycles. The zero-order valence-electron chi connectivity index (χ0n) is 11.8. The smallest absolute Gasteiger partial charge is 0.287 e. The number of aromatic nitrogens is 2. The summed E-state index contributed by atoms with van der Waals surface area (Å²) in [6.07, 6.45) is 5.79. The van der Waals surface area contributed by atoms with Crippen LogP contribution in [0.15, 0.2) is 11.0 Å². The number of aliphatic hydroxyl groups excluding tert-OH is 1. The van der Waals surface area contributed by atoms with Crippen LogP contribution in [0.5, 0.6) is 0 Å². The van der Waals surface area contributed by atoms with Gasteiger partial charge in [-0.25, -0.2) is 4.68 Å². The van der Waals surface area contributed by atoms with Crippen LogP contribution in [0.3, 0.4) is 0 Å². The van der Waals surface area contributed by atoms with E-state index in [2.05, 4.69) is 10.4 Å². The Morgan fingerprint density at radius 2 is 2.25 bits per heavy atom. The summed E-state index contributed by atoms with van der Waals surface area (Å²) in [5, 5.41) is 16.8. The molecule has 0 bridgehead atoms. The largest absolute Gasteiger partial charge is 0.396 e. The quantitative estimate of drug-likeness (QED) is 0.844. The molecule has 0 radical (unpaired) electrons. The van der Waals surface area contributed by atoms with Crippen molar-refractivity contribution in [3.63, 3.8) is 0 Å². The Morgan fingerprint density at radius 3 is 2.95 bits per heavy atom. The molecule has 112 valence electrons. The molecule has 2 unspecified atom stereocenters. The maximum atomic E-state index is 12.0. The third-order valence-electron chi connectivity index (χ3n) is 4.03. The molecule has 1 aliphatic rings. The lowest BCUT2D eigenvalue weighted by Gasteiger charge is -2.19. The summed E-state index contributed by atoms with van der Waals surface area (Å²) < 4.78 is 1.39. The monoisotopic (exact) mass is 299 g/mol. The summed E-state index contributed by atoms with van der Waals surface area (Å²) in [5.41, 5.74) is 0.344. The molecule has 0 spiro atoms. The Hall–Kier alpha value is -1.07. The van der Waals surface area contributed by atoms with E-state index in [1.165, 1.54) is 4.68 Å². The first-order valence-electron chi connectivity index (χ1n) is 7.27. The van der Waals surface area contributed by atoms with Gasteiger partial charge in [0.15, 0.2) is 0 Å². The minimum absolute atomic E-state index is 0.201. The van der Waals surface area contributed by atoms with Crippen molar-refractivity contribution in [3.8, 4) is 0 Å². The van der Waals surface area contributed by atoms with Crippen molar-refractivity contribution in [2.45, 2.75) is 39.2 Å². The van der Waals surface area contributed by atoms with Gasteiger partial charge in [0.05, 0.1) is 11.9 Å². The summed E-state index contributed by atoms with van der Waals surface area (Å²) in [5.74, 6) is 0.795. The molecule has 1 heterocycles. The van der Waals surface area contributed by atoms with Gasteiger partial charge in [0.1, 0.15) is 5.02 Å². The Balaban J connectivity index is 2.03. The third kappa shape index (κ3) is 3.33. The van der Waals surface area contributed by atoms with E-state index in [4.69, 9.17) is 11.6 Å². The van der Waals surface area contributed by atoms with Crippen LogP contribution >= 0.6 is 11.6 Å². The second-order valence-corrected chi connectivity index (χ2v) is 5.79. The zero-order chi connectivity index (χ0) is 14.5. The number of rotatable bonds is 6. The number of aryl methyl sites for hydroxylation is 1. The van der Waals surface area contributed by atoms with Crippen molar-refractivity contribution in [1.29, 1.82) is 0 Å². The van der Waals surface area contributed by atoms with E-state index in [1.54, 1.807) is 6.20 Å². The van der Waals surface area contributed by atoms with E-state index in [0.717, 1.165) is 32.2 Å². The molecule has 6 heteroatoms. The second-order valence-electron chi connectivity index (χ2n) is 5.42. The molecule has 20 heavy (non-hydrogen) atoms. The molecule has 1 aliphatic carbocycles. The van der Waals surface area contributed by atoms with Gasteiger partial charge in [0, 0.05) is 19.7 Å². The lowest BCUT2D eigenvalue weighted by molar-refractivity contribution is 0.199. The van der Waals surface area contributed by atoms with Crippen LogP contribution in [0.1, 0.15) is 32.6 Å². The summed E-state index contributed by atoms with van der Waals surface area (Å²) in [4.78, 5) is 12.0. The number of hydrogen-bond acceptors (Lipinski definition) is 4. The van der Waals surface area contributed by atoms with Gasteiger partial charge >= 0.3 is 0 Å². The maximum Gasteiger partial charge on any atom is 0.287 e. The Labute approximate surface area is 124 Å². The third-order valence-corrected chi connectivity index (χ3v) is 4.39. The number of aliphatic hydroxyl groups is 1. The van der Waals surface area contributed by atoms with E-state index < -0.39 is 0 Å². The van der Waals surface area contributed by atoms with Crippen molar-refractivity contribution in [2.24, 2.45) is 11.8 Å². The highest BCUT2D eigenvalue weighted by molar-refractivity contribution is 6.32. The van der Waals surface area contributed by atoms with Gasteiger partial charge in [-0.2, -0.15) is 5.10 Å². The van der Waals surface area contributed by atoms with Gasteiger partial charge in [-0.05, 0) is 31.1 Å². The van der Waals surface area contributed by atoms with E-state index in [0.29, 0.717) is 24.1 Å². The first kappa shape index (κ1) is 15.3. The Kier molecular flexibility index (Phi) is 5.43. The molecule has 2 N–H and O–H groups in total.